The van der Waals surface area contributed by atoms with E-state index in [-0.39, 0.29) is 18.0 Å². The molecule has 1 saturated carbocycles. The van der Waals surface area contributed by atoms with Crippen LogP contribution in [0.3, 0.4) is 0 Å². The van der Waals surface area contributed by atoms with E-state index in [4.69, 9.17) is 16.7 Å². The first-order valence-corrected chi connectivity index (χ1v) is 7.88. The van der Waals surface area contributed by atoms with Gasteiger partial charge in [-0.05, 0) is 37.5 Å². The molecule has 7 heteroatoms. The van der Waals surface area contributed by atoms with Crippen molar-refractivity contribution in [2.45, 2.75) is 31.7 Å². The molecule has 114 valence electrons. The van der Waals surface area contributed by atoms with Crippen LogP contribution in [-0.4, -0.2) is 23.1 Å². The molecule has 2 unspecified atom stereocenters. The molecule has 0 heterocycles. The second-order valence-electron chi connectivity index (χ2n) is 5.12. The fraction of sp³-hybridized carbons (Fsp3) is 0.429. The smallest absolute Gasteiger partial charge is 0.319 e. The minimum absolute atomic E-state index is 0.120. The van der Waals surface area contributed by atoms with Crippen molar-refractivity contribution in [1.82, 2.24) is 5.32 Å². The third-order valence-corrected chi connectivity index (χ3v) is 4.36. The lowest BCUT2D eigenvalue weighted by atomic mass is 9.86. The van der Waals surface area contributed by atoms with Crippen LogP contribution < -0.4 is 10.6 Å². The van der Waals surface area contributed by atoms with E-state index in [2.05, 4.69) is 26.6 Å². The minimum Gasteiger partial charge on any atom is -0.481 e. The number of hydrogen-bond donors (Lipinski definition) is 3. The molecule has 1 aliphatic rings. The number of nitrogens with one attached hydrogen (secondary N) is 2. The molecule has 0 bridgehead atoms. The molecule has 5 nitrogen and oxygen atoms in total. The van der Waals surface area contributed by atoms with Crippen molar-refractivity contribution >= 4 is 45.2 Å². The lowest BCUT2D eigenvalue weighted by molar-refractivity contribution is -0.143. The maximum absolute atomic E-state index is 12.0. The molecule has 2 atom stereocenters. The van der Waals surface area contributed by atoms with Crippen LogP contribution in [0.5, 0.6) is 0 Å². The average Bonchev–Trinajstić information content (AvgIpc) is 2.43. The first kappa shape index (κ1) is 16.1. The van der Waals surface area contributed by atoms with E-state index in [0.29, 0.717) is 23.6 Å². The summed E-state index contributed by atoms with van der Waals surface area (Å²) in [4.78, 5) is 23.0. The molecule has 0 radical (unpaired) electrons. The van der Waals surface area contributed by atoms with Gasteiger partial charge in [0.2, 0.25) is 0 Å². The number of anilines is 1. The molecule has 1 aromatic carbocycles. The van der Waals surface area contributed by atoms with Crippen LogP contribution in [0.2, 0.25) is 5.02 Å². The van der Waals surface area contributed by atoms with Gasteiger partial charge in [0.05, 0.1) is 16.6 Å². The van der Waals surface area contributed by atoms with Crippen LogP contribution in [0.15, 0.2) is 22.7 Å². The minimum atomic E-state index is -0.794. The van der Waals surface area contributed by atoms with Crippen LogP contribution in [0.4, 0.5) is 10.5 Å². The topological polar surface area (TPSA) is 78.4 Å². The second kappa shape index (κ2) is 7.13. The highest BCUT2D eigenvalue weighted by Gasteiger charge is 2.27. The van der Waals surface area contributed by atoms with Crippen LogP contribution in [0.25, 0.3) is 0 Å². The molecule has 0 aliphatic heterocycles. The highest BCUT2D eigenvalue weighted by molar-refractivity contribution is 9.10. The Morgan fingerprint density at radius 3 is 2.81 bits per heavy atom. The average molecular weight is 376 g/mol. The Hall–Kier alpha value is -1.27. The van der Waals surface area contributed by atoms with Crippen molar-refractivity contribution in [3.8, 4) is 0 Å². The number of aliphatic carboxylic acids is 1. The van der Waals surface area contributed by atoms with Crippen molar-refractivity contribution in [3.63, 3.8) is 0 Å². The molecular weight excluding hydrogens is 360 g/mol. The maximum Gasteiger partial charge on any atom is 0.319 e. The number of hydrogen-bond acceptors (Lipinski definition) is 2. The van der Waals surface area contributed by atoms with Crippen LogP contribution in [0, 0.1) is 5.92 Å². The van der Waals surface area contributed by atoms with E-state index in [0.717, 1.165) is 17.3 Å². The summed E-state index contributed by atoms with van der Waals surface area (Å²) in [6.45, 7) is 0. The molecule has 3 N–H and O–H groups in total. The third kappa shape index (κ3) is 4.61. The molecule has 0 aromatic heterocycles. The highest BCUT2D eigenvalue weighted by Crippen LogP contribution is 2.27. The van der Waals surface area contributed by atoms with E-state index in [9.17, 15) is 9.59 Å². The fourth-order valence-corrected chi connectivity index (χ4v) is 3.01. The Morgan fingerprint density at radius 1 is 1.33 bits per heavy atom. The Balaban J connectivity index is 1.92. The van der Waals surface area contributed by atoms with Crippen molar-refractivity contribution in [3.05, 3.63) is 27.7 Å². The Kier molecular flexibility index (Phi) is 5.47. The molecule has 1 aromatic rings. The van der Waals surface area contributed by atoms with Gasteiger partial charge in [0.25, 0.3) is 0 Å². The lowest BCUT2D eigenvalue weighted by Gasteiger charge is -2.27. The molecule has 0 saturated heterocycles. The third-order valence-electron chi connectivity index (χ3n) is 3.54. The quantitative estimate of drug-likeness (QED) is 0.750. The summed E-state index contributed by atoms with van der Waals surface area (Å²) < 4.78 is 0.811. The van der Waals surface area contributed by atoms with Gasteiger partial charge < -0.3 is 15.7 Å². The number of amides is 2. The predicted octanol–water partition coefficient (Wildman–Crippen LogP) is 3.87. The number of carboxylic acids is 1. The van der Waals surface area contributed by atoms with Crippen LogP contribution in [0.1, 0.15) is 25.7 Å². The SMILES string of the molecule is O=C(Nc1cc(Br)ccc1Cl)NC1CCCC(C(=O)O)C1. The van der Waals surface area contributed by atoms with Crippen LogP contribution in [-0.2, 0) is 4.79 Å². The van der Waals surface area contributed by atoms with Crippen molar-refractivity contribution < 1.29 is 14.7 Å². The number of carboxylic acid groups (broad SMARTS) is 1. The second-order valence-corrected chi connectivity index (χ2v) is 6.44. The van der Waals surface area contributed by atoms with Crippen LogP contribution >= 0.6 is 27.5 Å². The Bertz CT molecular complexity index is 553. The molecule has 2 rings (SSSR count). The van der Waals surface area contributed by atoms with Gasteiger partial charge in [-0.2, -0.15) is 0 Å². The highest BCUT2D eigenvalue weighted by atomic mass is 79.9. The van der Waals surface area contributed by atoms with Crippen molar-refractivity contribution in [2.75, 3.05) is 5.32 Å². The summed E-state index contributed by atoms with van der Waals surface area (Å²) in [7, 11) is 0. The molecule has 21 heavy (non-hydrogen) atoms. The first-order chi connectivity index (χ1) is 9.95. The monoisotopic (exact) mass is 374 g/mol. The zero-order chi connectivity index (χ0) is 15.4. The number of carbonyl (C=O) groups excluding carboxylic acids is 1. The maximum atomic E-state index is 12.0. The first-order valence-electron chi connectivity index (χ1n) is 6.71. The van der Waals surface area contributed by atoms with Gasteiger partial charge in [-0.25, -0.2) is 4.79 Å². The Morgan fingerprint density at radius 2 is 2.10 bits per heavy atom. The standard InChI is InChI=1S/C14H16BrClN2O3/c15-9-4-5-11(16)12(7-9)18-14(21)17-10-3-1-2-8(6-10)13(19)20/h4-5,7-8,10H,1-3,6H2,(H,19,20)(H2,17,18,21). The van der Waals surface area contributed by atoms with Crippen molar-refractivity contribution in [2.24, 2.45) is 5.92 Å². The van der Waals surface area contributed by atoms with Gasteiger partial charge in [-0.3, -0.25) is 4.79 Å². The Labute approximate surface area is 136 Å². The number of urea groups is 1. The van der Waals surface area contributed by atoms with Gasteiger partial charge in [-0.15, -0.1) is 0 Å². The molecular formula is C14H16BrClN2O3. The summed E-state index contributed by atoms with van der Waals surface area (Å²) in [5.41, 5.74) is 0.508. The molecule has 0 spiro atoms. The predicted molar refractivity (Wildman–Crippen MR) is 84.7 cm³/mol. The van der Waals surface area contributed by atoms with Gasteiger partial charge in [0.15, 0.2) is 0 Å². The zero-order valence-corrected chi connectivity index (χ0v) is 13.6. The van der Waals surface area contributed by atoms with Gasteiger partial charge in [0, 0.05) is 10.5 Å². The molecule has 2 amide bonds. The summed E-state index contributed by atoms with van der Waals surface area (Å²) in [5.74, 6) is -1.17. The van der Waals surface area contributed by atoms with Gasteiger partial charge in [-0.1, -0.05) is 34.0 Å². The molecule has 1 fully saturated rings. The van der Waals surface area contributed by atoms with Gasteiger partial charge >= 0.3 is 12.0 Å². The van der Waals surface area contributed by atoms with E-state index in [1.807, 2.05) is 0 Å². The number of rotatable bonds is 3. The molecule has 1 aliphatic carbocycles. The zero-order valence-electron chi connectivity index (χ0n) is 11.2. The van der Waals surface area contributed by atoms with E-state index >= 15 is 0 Å². The normalized spacial score (nSPS) is 21.6. The fourth-order valence-electron chi connectivity index (χ4n) is 2.48. The summed E-state index contributed by atoms with van der Waals surface area (Å²) >= 11 is 9.32. The summed E-state index contributed by atoms with van der Waals surface area (Å²) in [6.07, 6.45) is 2.74. The van der Waals surface area contributed by atoms with E-state index in [1.54, 1.807) is 18.2 Å². The number of halogens is 2. The van der Waals surface area contributed by atoms with E-state index < -0.39 is 5.97 Å². The van der Waals surface area contributed by atoms with Crippen molar-refractivity contribution in [1.29, 1.82) is 0 Å². The van der Waals surface area contributed by atoms with Gasteiger partial charge in [0.1, 0.15) is 0 Å². The lowest BCUT2D eigenvalue weighted by Crippen LogP contribution is -2.42. The largest absolute Gasteiger partial charge is 0.481 e. The number of carbonyl (C=O) groups is 2. The van der Waals surface area contributed by atoms with E-state index in [1.165, 1.54) is 0 Å². The summed E-state index contributed by atoms with van der Waals surface area (Å²) in [5, 5.41) is 15.0. The number of benzene rings is 1. The summed E-state index contributed by atoms with van der Waals surface area (Å²) in [6, 6.07) is 4.69.